The molecule has 1 aliphatic rings. The number of aromatic nitrogens is 1. The molecule has 1 saturated heterocycles. The molecule has 3 rings (SSSR count). The van der Waals surface area contributed by atoms with Crippen LogP contribution in [0.15, 0.2) is 40.9 Å². The second kappa shape index (κ2) is 8.11. The van der Waals surface area contributed by atoms with Crippen LogP contribution in [0.1, 0.15) is 42.3 Å². The molecule has 1 unspecified atom stereocenters. The fourth-order valence-corrected chi connectivity index (χ4v) is 3.30. The number of carbonyl (C=O) groups excluding carboxylic acids is 1. The standard InChI is InChI=1S/C19H25N3O2/c1-15-12-17(21-24-15)13-19(23)20-14-18(16-8-4-2-5-9-16)22-10-6-3-7-11-22/h2,4-5,8-9,12,18H,3,6-7,10-11,13-14H2,1H3,(H,20,23). The molecule has 1 aromatic heterocycles. The minimum atomic E-state index is -0.0127. The van der Waals surface area contributed by atoms with Crippen molar-refractivity contribution in [2.75, 3.05) is 19.6 Å². The number of piperidine rings is 1. The van der Waals surface area contributed by atoms with Crippen LogP contribution in [0.2, 0.25) is 0 Å². The van der Waals surface area contributed by atoms with Gasteiger partial charge in [0.15, 0.2) is 0 Å². The first-order valence-electron chi connectivity index (χ1n) is 8.70. The van der Waals surface area contributed by atoms with Crippen LogP contribution in [0, 0.1) is 6.92 Å². The third kappa shape index (κ3) is 4.45. The van der Waals surface area contributed by atoms with Crippen molar-refractivity contribution in [1.82, 2.24) is 15.4 Å². The monoisotopic (exact) mass is 327 g/mol. The molecule has 128 valence electrons. The molecular formula is C19H25N3O2. The summed E-state index contributed by atoms with van der Waals surface area (Å²) in [4.78, 5) is 14.7. The molecule has 1 amide bonds. The van der Waals surface area contributed by atoms with Gasteiger partial charge in [-0.2, -0.15) is 0 Å². The smallest absolute Gasteiger partial charge is 0.226 e. The van der Waals surface area contributed by atoms with Crippen LogP contribution < -0.4 is 5.32 Å². The highest BCUT2D eigenvalue weighted by molar-refractivity contribution is 5.78. The molecule has 0 spiro atoms. The largest absolute Gasteiger partial charge is 0.361 e. The quantitative estimate of drug-likeness (QED) is 0.886. The van der Waals surface area contributed by atoms with Gasteiger partial charge in [-0.15, -0.1) is 0 Å². The lowest BCUT2D eigenvalue weighted by Gasteiger charge is -2.35. The first-order valence-corrected chi connectivity index (χ1v) is 8.70. The maximum atomic E-state index is 12.2. The zero-order valence-corrected chi connectivity index (χ0v) is 14.2. The van der Waals surface area contributed by atoms with Crippen molar-refractivity contribution in [3.8, 4) is 0 Å². The predicted octanol–water partition coefficient (Wildman–Crippen LogP) is 2.87. The van der Waals surface area contributed by atoms with Gasteiger partial charge < -0.3 is 9.84 Å². The van der Waals surface area contributed by atoms with Crippen molar-refractivity contribution < 1.29 is 9.32 Å². The number of aryl methyl sites for hydroxylation is 1. The van der Waals surface area contributed by atoms with Crippen LogP contribution in [-0.4, -0.2) is 35.6 Å². The van der Waals surface area contributed by atoms with Crippen molar-refractivity contribution in [3.63, 3.8) is 0 Å². The maximum absolute atomic E-state index is 12.2. The van der Waals surface area contributed by atoms with Gasteiger partial charge in [0, 0.05) is 12.6 Å². The summed E-state index contributed by atoms with van der Waals surface area (Å²) in [5, 5.41) is 6.96. The van der Waals surface area contributed by atoms with Crippen molar-refractivity contribution in [3.05, 3.63) is 53.4 Å². The van der Waals surface area contributed by atoms with Gasteiger partial charge >= 0.3 is 0 Å². The summed E-state index contributed by atoms with van der Waals surface area (Å²) in [5.74, 6) is 0.717. The zero-order chi connectivity index (χ0) is 16.8. The van der Waals surface area contributed by atoms with Gasteiger partial charge in [-0.25, -0.2) is 0 Å². The summed E-state index contributed by atoms with van der Waals surface area (Å²) in [6, 6.07) is 12.5. The second-order valence-electron chi connectivity index (χ2n) is 6.43. The lowest BCUT2D eigenvalue weighted by atomic mass is 10.0. The Labute approximate surface area is 143 Å². The Bertz CT molecular complexity index is 648. The van der Waals surface area contributed by atoms with Crippen LogP contribution in [0.5, 0.6) is 0 Å². The molecule has 1 fully saturated rings. The Balaban J connectivity index is 1.62. The molecule has 5 heteroatoms. The van der Waals surface area contributed by atoms with E-state index >= 15 is 0 Å². The zero-order valence-electron chi connectivity index (χ0n) is 14.2. The van der Waals surface area contributed by atoms with E-state index in [1.165, 1.54) is 24.8 Å². The number of hydrogen-bond acceptors (Lipinski definition) is 4. The molecule has 0 radical (unpaired) electrons. The van der Waals surface area contributed by atoms with E-state index in [-0.39, 0.29) is 18.4 Å². The van der Waals surface area contributed by atoms with Crippen LogP contribution >= 0.6 is 0 Å². The van der Waals surface area contributed by atoms with E-state index in [1.54, 1.807) is 6.07 Å². The van der Waals surface area contributed by atoms with Gasteiger partial charge in [-0.05, 0) is 38.4 Å². The summed E-state index contributed by atoms with van der Waals surface area (Å²) in [5.41, 5.74) is 1.94. The fraction of sp³-hybridized carbons (Fsp3) is 0.474. The first-order chi connectivity index (χ1) is 11.7. The molecule has 0 saturated carbocycles. The van der Waals surface area contributed by atoms with E-state index in [9.17, 15) is 4.79 Å². The van der Waals surface area contributed by atoms with Gasteiger partial charge in [-0.1, -0.05) is 41.9 Å². The Kier molecular flexibility index (Phi) is 5.64. The number of rotatable bonds is 6. The SMILES string of the molecule is Cc1cc(CC(=O)NCC(c2ccccc2)N2CCCCC2)no1. The number of nitrogens with zero attached hydrogens (tertiary/aromatic N) is 2. The van der Waals surface area contributed by atoms with E-state index in [0.717, 1.165) is 18.8 Å². The van der Waals surface area contributed by atoms with E-state index < -0.39 is 0 Å². The first kappa shape index (κ1) is 16.7. The van der Waals surface area contributed by atoms with Gasteiger partial charge in [0.05, 0.1) is 18.2 Å². The van der Waals surface area contributed by atoms with Crippen LogP contribution in [0.25, 0.3) is 0 Å². The normalized spacial score (nSPS) is 16.7. The molecule has 1 aromatic carbocycles. The average Bonchev–Trinajstić information content (AvgIpc) is 3.02. The fourth-order valence-electron chi connectivity index (χ4n) is 3.30. The van der Waals surface area contributed by atoms with Gasteiger partial charge in [0.25, 0.3) is 0 Å². The summed E-state index contributed by atoms with van der Waals surface area (Å²) in [6.45, 7) is 4.64. The van der Waals surface area contributed by atoms with E-state index in [4.69, 9.17) is 4.52 Å². The lowest BCUT2D eigenvalue weighted by molar-refractivity contribution is -0.120. The molecule has 1 N–H and O–H groups in total. The molecule has 2 heterocycles. The number of likely N-dealkylation sites (tertiary alicyclic amines) is 1. The Morgan fingerprint density at radius 3 is 2.67 bits per heavy atom. The number of amides is 1. The van der Waals surface area contributed by atoms with Gasteiger partial charge in [-0.3, -0.25) is 9.69 Å². The van der Waals surface area contributed by atoms with Crippen LogP contribution in [0.3, 0.4) is 0 Å². The second-order valence-corrected chi connectivity index (χ2v) is 6.43. The van der Waals surface area contributed by atoms with Gasteiger partial charge in [0.2, 0.25) is 5.91 Å². The summed E-state index contributed by atoms with van der Waals surface area (Å²) in [7, 11) is 0. The van der Waals surface area contributed by atoms with Crippen molar-refractivity contribution in [1.29, 1.82) is 0 Å². The van der Waals surface area contributed by atoms with Crippen molar-refractivity contribution >= 4 is 5.91 Å². The van der Waals surface area contributed by atoms with Crippen molar-refractivity contribution in [2.45, 2.75) is 38.6 Å². The Morgan fingerprint density at radius 1 is 1.25 bits per heavy atom. The number of benzene rings is 1. The van der Waals surface area contributed by atoms with E-state index in [2.05, 4.69) is 39.6 Å². The highest BCUT2D eigenvalue weighted by atomic mass is 16.5. The summed E-state index contributed by atoms with van der Waals surface area (Å²) >= 11 is 0. The Hall–Kier alpha value is -2.14. The minimum Gasteiger partial charge on any atom is -0.361 e. The molecule has 1 aliphatic heterocycles. The number of carbonyl (C=O) groups is 1. The van der Waals surface area contributed by atoms with Crippen LogP contribution in [0.4, 0.5) is 0 Å². The van der Waals surface area contributed by atoms with E-state index in [0.29, 0.717) is 12.2 Å². The molecular weight excluding hydrogens is 302 g/mol. The predicted molar refractivity (Wildman–Crippen MR) is 92.6 cm³/mol. The number of hydrogen-bond donors (Lipinski definition) is 1. The van der Waals surface area contributed by atoms with Gasteiger partial charge in [0.1, 0.15) is 5.76 Å². The van der Waals surface area contributed by atoms with E-state index in [1.807, 2.05) is 13.0 Å². The maximum Gasteiger partial charge on any atom is 0.226 e. The molecule has 0 aliphatic carbocycles. The molecule has 5 nitrogen and oxygen atoms in total. The molecule has 0 bridgehead atoms. The van der Waals surface area contributed by atoms with Crippen LogP contribution in [-0.2, 0) is 11.2 Å². The Morgan fingerprint density at radius 2 is 2.00 bits per heavy atom. The summed E-state index contributed by atoms with van der Waals surface area (Å²) in [6.07, 6.45) is 4.03. The molecule has 24 heavy (non-hydrogen) atoms. The number of nitrogens with one attached hydrogen (secondary N) is 1. The summed E-state index contributed by atoms with van der Waals surface area (Å²) < 4.78 is 5.02. The molecule has 1 atom stereocenters. The third-order valence-electron chi connectivity index (χ3n) is 4.53. The topological polar surface area (TPSA) is 58.4 Å². The lowest BCUT2D eigenvalue weighted by Crippen LogP contribution is -2.41. The van der Waals surface area contributed by atoms with Crippen molar-refractivity contribution in [2.24, 2.45) is 0 Å². The third-order valence-corrected chi connectivity index (χ3v) is 4.53. The molecule has 2 aromatic rings. The average molecular weight is 327 g/mol. The highest BCUT2D eigenvalue weighted by Crippen LogP contribution is 2.24. The highest BCUT2D eigenvalue weighted by Gasteiger charge is 2.22. The minimum absolute atomic E-state index is 0.0127.